The zero-order chi connectivity index (χ0) is 29.1. The quantitative estimate of drug-likeness (QED) is 0.0903. The van der Waals surface area contributed by atoms with Crippen LogP contribution in [-0.2, 0) is 16.0 Å². The van der Waals surface area contributed by atoms with Gasteiger partial charge in [-0.15, -0.1) is 0 Å². The number of halogens is 2. The van der Waals surface area contributed by atoms with Crippen molar-refractivity contribution in [2.75, 3.05) is 13.2 Å². The zero-order valence-electron chi connectivity index (χ0n) is 21.9. The number of fused-ring (bicyclic) bond motifs is 3. The summed E-state index contributed by atoms with van der Waals surface area (Å²) < 4.78 is 14.6. The molecule has 1 heterocycles. The van der Waals surface area contributed by atoms with Crippen LogP contribution in [0.4, 0.5) is 0 Å². The molecular formula is C32H23I2NO6. The molecule has 0 aliphatic carbocycles. The van der Waals surface area contributed by atoms with Crippen molar-refractivity contribution < 1.29 is 28.7 Å². The number of Topliss-reactive ketones (excluding diaryl/α,β-unsaturated/α-hetero) is 2. The standard InChI is InChI=1S/C32H23I2NO6/c1-2-35-27-13-7-21(29(36)17-40-31(38)19-3-9-23(33)10-4-19)15-25(27)26-16-22(8-14-28(26)35)30(37)18-41-32(39)20-5-11-24(34)12-6-20/h3-16H,2,17-18H2,1H3. The largest absolute Gasteiger partial charge is 0.454 e. The van der Waals surface area contributed by atoms with Gasteiger partial charge in [-0.1, -0.05) is 0 Å². The van der Waals surface area contributed by atoms with E-state index >= 15 is 0 Å². The van der Waals surface area contributed by atoms with Crippen molar-refractivity contribution in [1.29, 1.82) is 0 Å². The molecule has 0 atom stereocenters. The molecule has 0 aliphatic heterocycles. The summed E-state index contributed by atoms with van der Waals surface area (Å²) in [5.74, 6) is -1.80. The lowest BCUT2D eigenvalue weighted by molar-refractivity contribution is 0.0472. The lowest BCUT2D eigenvalue weighted by atomic mass is 10.0. The number of carbonyl (C=O) groups excluding carboxylic acids is 4. The van der Waals surface area contributed by atoms with Gasteiger partial charge in [0.1, 0.15) is 0 Å². The van der Waals surface area contributed by atoms with E-state index in [4.69, 9.17) is 9.47 Å². The first kappa shape index (κ1) is 28.9. The van der Waals surface area contributed by atoms with E-state index in [-0.39, 0.29) is 11.6 Å². The minimum atomic E-state index is -0.565. The van der Waals surface area contributed by atoms with Crippen LogP contribution in [0.15, 0.2) is 84.9 Å². The highest BCUT2D eigenvalue weighted by Gasteiger charge is 2.18. The summed E-state index contributed by atoms with van der Waals surface area (Å²) in [5.41, 5.74) is 3.36. The number of aryl methyl sites for hydroxylation is 1. The Morgan fingerprint density at radius 1 is 0.585 bits per heavy atom. The van der Waals surface area contributed by atoms with Crippen molar-refractivity contribution >= 4 is 90.5 Å². The number of ketones is 2. The molecule has 0 spiro atoms. The smallest absolute Gasteiger partial charge is 0.338 e. The van der Waals surface area contributed by atoms with Crippen LogP contribution in [0.25, 0.3) is 21.8 Å². The van der Waals surface area contributed by atoms with E-state index in [1.165, 1.54) is 0 Å². The van der Waals surface area contributed by atoms with Crippen LogP contribution in [-0.4, -0.2) is 41.3 Å². The van der Waals surface area contributed by atoms with Crippen LogP contribution >= 0.6 is 45.2 Å². The van der Waals surface area contributed by atoms with Crippen molar-refractivity contribution in [2.24, 2.45) is 0 Å². The molecule has 1 aromatic heterocycles. The van der Waals surface area contributed by atoms with Gasteiger partial charge in [-0.25, -0.2) is 9.59 Å². The van der Waals surface area contributed by atoms with E-state index in [1.807, 2.05) is 19.1 Å². The number of nitrogens with zero attached hydrogens (tertiary/aromatic N) is 1. The Morgan fingerprint density at radius 2 is 0.951 bits per heavy atom. The number of aromatic nitrogens is 1. The number of carbonyl (C=O) groups is 4. The summed E-state index contributed by atoms with van der Waals surface area (Å²) in [6, 6.07) is 24.5. The molecule has 7 nitrogen and oxygen atoms in total. The van der Waals surface area contributed by atoms with Gasteiger partial charge in [0.25, 0.3) is 0 Å². The summed E-state index contributed by atoms with van der Waals surface area (Å²) in [6.07, 6.45) is 0. The van der Waals surface area contributed by atoms with Crippen LogP contribution in [0.2, 0.25) is 0 Å². The molecule has 206 valence electrons. The van der Waals surface area contributed by atoms with E-state index in [9.17, 15) is 19.2 Å². The first-order valence-corrected chi connectivity index (χ1v) is 14.9. The average molecular weight is 771 g/mol. The maximum Gasteiger partial charge on any atom is 0.338 e. The maximum absolute atomic E-state index is 13.0. The molecular weight excluding hydrogens is 748 g/mol. The second-order valence-electron chi connectivity index (χ2n) is 9.22. The van der Waals surface area contributed by atoms with Crippen LogP contribution in [0.1, 0.15) is 48.4 Å². The monoisotopic (exact) mass is 771 g/mol. The van der Waals surface area contributed by atoms with Gasteiger partial charge in [0, 0.05) is 46.6 Å². The second kappa shape index (κ2) is 12.5. The molecule has 0 fully saturated rings. The molecule has 0 aliphatic rings. The van der Waals surface area contributed by atoms with E-state index < -0.39 is 25.2 Å². The average Bonchev–Trinajstić information content (AvgIpc) is 3.31. The fourth-order valence-electron chi connectivity index (χ4n) is 4.56. The number of benzene rings is 4. The van der Waals surface area contributed by atoms with Gasteiger partial charge >= 0.3 is 11.9 Å². The van der Waals surface area contributed by atoms with Gasteiger partial charge in [-0.05, 0) is 137 Å². The van der Waals surface area contributed by atoms with Gasteiger partial charge < -0.3 is 14.0 Å². The van der Waals surface area contributed by atoms with Gasteiger partial charge in [0.15, 0.2) is 24.8 Å². The Labute approximate surface area is 263 Å². The number of hydrogen-bond acceptors (Lipinski definition) is 6. The Balaban J connectivity index is 1.36. The van der Waals surface area contributed by atoms with Gasteiger partial charge in [0.2, 0.25) is 0 Å². The summed E-state index contributed by atoms with van der Waals surface area (Å²) in [5, 5.41) is 1.59. The highest BCUT2D eigenvalue weighted by Crippen LogP contribution is 2.31. The van der Waals surface area contributed by atoms with Crippen molar-refractivity contribution in [3.63, 3.8) is 0 Å². The molecule has 0 bridgehead atoms. The second-order valence-corrected chi connectivity index (χ2v) is 11.7. The molecule has 0 saturated heterocycles. The lowest BCUT2D eigenvalue weighted by Crippen LogP contribution is -2.14. The Bertz CT molecular complexity index is 1680. The first-order chi connectivity index (χ1) is 19.7. The summed E-state index contributed by atoms with van der Waals surface area (Å²) in [6.45, 7) is 1.92. The van der Waals surface area contributed by atoms with Gasteiger partial charge in [0.05, 0.1) is 11.1 Å². The molecule has 4 aromatic carbocycles. The number of rotatable bonds is 9. The number of ether oxygens (including phenoxy) is 2. The SMILES string of the molecule is CCn1c2ccc(C(=O)COC(=O)c3ccc(I)cc3)cc2c2cc(C(=O)COC(=O)c3ccc(I)cc3)ccc21. The normalized spacial score (nSPS) is 11.0. The predicted molar refractivity (Wildman–Crippen MR) is 173 cm³/mol. The van der Waals surface area contributed by atoms with Gasteiger partial charge in [-0.3, -0.25) is 9.59 Å². The minimum absolute atomic E-state index is 0.335. The molecule has 0 unspecified atom stereocenters. The molecule has 0 amide bonds. The third-order valence-corrected chi connectivity index (χ3v) is 8.09. The van der Waals surface area contributed by atoms with Gasteiger partial charge in [-0.2, -0.15) is 0 Å². The molecule has 41 heavy (non-hydrogen) atoms. The molecule has 5 rings (SSSR count). The Kier molecular flexibility index (Phi) is 8.83. The van der Waals surface area contributed by atoms with Crippen molar-refractivity contribution in [1.82, 2.24) is 4.57 Å². The molecule has 0 radical (unpaired) electrons. The van der Waals surface area contributed by atoms with Crippen molar-refractivity contribution in [2.45, 2.75) is 13.5 Å². The first-order valence-electron chi connectivity index (χ1n) is 12.7. The number of hydrogen-bond donors (Lipinski definition) is 0. The Morgan fingerprint density at radius 3 is 1.32 bits per heavy atom. The summed E-state index contributed by atoms with van der Waals surface area (Å²) in [4.78, 5) is 50.7. The van der Waals surface area contributed by atoms with E-state index in [2.05, 4.69) is 49.7 Å². The van der Waals surface area contributed by atoms with E-state index in [0.29, 0.717) is 28.8 Å². The minimum Gasteiger partial charge on any atom is -0.454 e. The number of esters is 2. The summed E-state index contributed by atoms with van der Waals surface area (Å²) in [7, 11) is 0. The van der Waals surface area contributed by atoms with E-state index in [1.54, 1.807) is 72.8 Å². The predicted octanol–water partition coefficient (Wildman–Crippen LogP) is 7.10. The van der Waals surface area contributed by atoms with Crippen LogP contribution < -0.4 is 0 Å². The third-order valence-electron chi connectivity index (χ3n) is 6.65. The van der Waals surface area contributed by atoms with Crippen molar-refractivity contribution in [3.8, 4) is 0 Å². The maximum atomic E-state index is 13.0. The molecule has 0 N–H and O–H groups in total. The summed E-state index contributed by atoms with van der Waals surface area (Å²) >= 11 is 4.29. The molecule has 0 saturated carbocycles. The van der Waals surface area contributed by atoms with Crippen molar-refractivity contribution in [3.05, 3.63) is 114 Å². The van der Waals surface area contributed by atoms with Crippen LogP contribution in [0.5, 0.6) is 0 Å². The fraction of sp³-hybridized carbons (Fsp3) is 0.125. The van der Waals surface area contributed by atoms with Crippen LogP contribution in [0, 0.1) is 7.14 Å². The fourth-order valence-corrected chi connectivity index (χ4v) is 5.28. The molecule has 5 aromatic rings. The molecule has 9 heteroatoms. The zero-order valence-corrected chi connectivity index (χ0v) is 26.2. The topological polar surface area (TPSA) is 91.7 Å². The highest BCUT2D eigenvalue weighted by atomic mass is 127. The van der Waals surface area contributed by atoms with E-state index in [0.717, 1.165) is 28.9 Å². The Hall–Kier alpha value is -3.58. The third kappa shape index (κ3) is 6.35. The van der Waals surface area contributed by atoms with Crippen LogP contribution in [0.3, 0.4) is 0 Å². The lowest BCUT2D eigenvalue weighted by Gasteiger charge is -2.06. The highest BCUT2D eigenvalue weighted by molar-refractivity contribution is 14.1.